The van der Waals surface area contributed by atoms with Gasteiger partial charge in [-0.15, -0.1) is 0 Å². The van der Waals surface area contributed by atoms with E-state index in [4.69, 9.17) is 4.74 Å². The molecule has 8 heteroatoms. The molecule has 2 heterocycles. The average Bonchev–Trinajstić information content (AvgIpc) is 3.01. The molecule has 1 aliphatic heterocycles. The zero-order chi connectivity index (χ0) is 17.3. The fourth-order valence-corrected chi connectivity index (χ4v) is 2.54. The highest BCUT2D eigenvalue weighted by molar-refractivity contribution is 5.94. The summed E-state index contributed by atoms with van der Waals surface area (Å²) in [5.41, 5.74) is -0.493. The Morgan fingerprint density at radius 1 is 1.25 bits per heavy atom. The molecule has 24 heavy (non-hydrogen) atoms. The summed E-state index contributed by atoms with van der Waals surface area (Å²) in [6.45, 7) is 2.26. The minimum atomic E-state index is -1.65. The molecule has 3 rings (SSSR count). The maximum Gasteiger partial charge on any atom is 0.257 e. The van der Waals surface area contributed by atoms with Gasteiger partial charge in [-0.25, -0.2) is 18.2 Å². The summed E-state index contributed by atoms with van der Waals surface area (Å²) >= 11 is 0. The van der Waals surface area contributed by atoms with Gasteiger partial charge in [0.25, 0.3) is 5.91 Å². The Bertz CT molecular complexity index is 785. The molecule has 0 radical (unpaired) electrons. The van der Waals surface area contributed by atoms with Crippen molar-refractivity contribution < 1.29 is 22.7 Å². The molecule has 2 aromatic rings. The Hall–Kier alpha value is -2.64. The van der Waals surface area contributed by atoms with Gasteiger partial charge >= 0.3 is 0 Å². The molecule has 0 N–H and O–H groups in total. The summed E-state index contributed by atoms with van der Waals surface area (Å²) in [6, 6.07) is 3.28. The SMILES string of the molecule is Cc1nccc(OC2CCN(C(=O)c3ccc(F)c(F)c3F)C2)n1. The van der Waals surface area contributed by atoms with Crippen LogP contribution in [0.1, 0.15) is 22.6 Å². The van der Waals surface area contributed by atoms with Crippen LogP contribution in [-0.2, 0) is 0 Å². The monoisotopic (exact) mass is 337 g/mol. The van der Waals surface area contributed by atoms with Crippen LogP contribution in [0.25, 0.3) is 0 Å². The molecule has 0 spiro atoms. The smallest absolute Gasteiger partial charge is 0.257 e. The summed E-state index contributed by atoms with van der Waals surface area (Å²) < 4.78 is 45.7. The van der Waals surface area contributed by atoms with E-state index in [1.165, 1.54) is 4.90 Å². The number of carbonyl (C=O) groups excluding carboxylic acids is 1. The van der Waals surface area contributed by atoms with Crippen molar-refractivity contribution in [3.63, 3.8) is 0 Å². The second-order valence-corrected chi connectivity index (χ2v) is 5.44. The van der Waals surface area contributed by atoms with E-state index in [2.05, 4.69) is 9.97 Å². The van der Waals surface area contributed by atoms with Gasteiger partial charge in [-0.2, -0.15) is 4.98 Å². The number of likely N-dealkylation sites (tertiary alicyclic amines) is 1. The summed E-state index contributed by atoms with van der Waals surface area (Å²) in [4.78, 5) is 21.7. The number of ether oxygens (including phenoxy) is 1. The second kappa shape index (κ2) is 6.46. The molecule has 0 saturated carbocycles. The molecular weight excluding hydrogens is 323 g/mol. The van der Waals surface area contributed by atoms with Gasteiger partial charge < -0.3 is 9.64 Å². The molecule has 5 nitrogen and oxygen atoms in total. The Morgan fingerprint density at radius 2 is 2.04 bits per heavy atom. The Kier molecular flexibility index (Phi) is 4.37. The van der Waals surface area contributed by atoms with Crippen molar-refractivity contribution in [3.8, 4) is 5.88 Å². The first-order chi connectivity index (χ1) is 11.5. The highest BCUT2D eigenvalue weighted by Crippen LogP contribution is 2.21. The number of aryl methyl sites for hydroxylation is 1. The molecule has 1 aromatic heterocycles. The standard InChI is InChI=1S/C16H14F3N3O2/c1-9-20-6-4-13(21-9)24-10-5-7-22(8-10)16(23)11-2-3-12(17)15(19)14(11)18/h2-4,6,10H,5,7-8H2,1H3. The Balaban J connectivity index is 1.69. The molecule has 1 atom stereocenters. The molecule has 1 aliphatic rings. The van der Waals surface area contributed by atoms with Crippen LogP contribution < -0.4 is 4.74 Å². The topological polar surface area (TPSA) is 55.3 Å². The third kappa shape index (κ3) is 3.17. The van der Waals surface area contributed by atoms with Crippen LogP contribution >= 0.6 is 0 Å². The van der Waals surface area contributed by atoms with Gasteiger partial charge in [-0.05, 0) is 19.1 Å². The van der Waals surface area contributed by atoms with Crippen LogP contribution in [0.15, 0.2) is 24.4 Å². The minimum Gasteiger partial charge on any atom is -0.472 e. The number of carbonyl (C=O) groups is 1. The van der Waals surface area contributed by atoms with E-state index in [0.29, 0.717) is 24.7 Å². The summed E-state index contributed by atoms with van der Waals surface area (Å²) in [6.07, 6.45) is 1.78. The van der Waals surface area contributed by atoms with Crippen molar-refractivity contribution in [1.82, 2.24) is 14.9 Å². The lowest BCUT2D eigenvalue weighted by Gasteiger charge is -2.17. The normalized spacial score (nSPS) is 17.2. The molecule has 1 fully saturated rings. The first-order valence-corrected chi connectivity index (χ1v) is 7.35. The van der Waals surface area contributed by atoms with Crippen molar-refractivity contribution in [2.24, 2.45) is 0 Å². The summed E-state index contributed by atoms with van der Waals surface area (Å²) in [7, 11) is 0. The lowest BCUT2D eigenvalue weighted by Crippen LogP contribution is -2.31. The molecule has 1 saturated heterocycles. The highest BCUT2D eigenvalue weighted by atomic mass is 19.2. The molecular formula is C16H14F3N3O2. The van der Waals surface area contributed by atoms with E-state index in [0.717, 1.165) is 12.1 Å². The zero-order valence-corrected chi connectivity index (χ0v) is 12.8. The largest absolute Gasteiger partial charge is 0.472 e. The summed E-state index contributed by atoms with van der Waals surface area (Å²) in [5.74, 6) is -4.20. The third-order valence-electron chi connectivity index (χ3n) is 3.74. The molecule has 0 bridgehead atoms. The van der Waals surface area contributed by atoms with E-state index in [9.17, 15) is 18.0 Å². The van der Waals surface area contributed by atoms with Crippen LogP contribution in [0.4, 0.5) is 13.2 Å². The molecule has 126 valence electrons. The Morgan fingerprint density at radius 3 is 2.79 bits per heavy atom. The predicted octanol–water partition coefficient (Wildman–Crippen LogP) is 2.50. The number of amides is 1. The lowest BCUT2D eigenvalue weighted by atomic mass is 10.1. The van der Waals surface area contributed by atoms with Gasteiger partial charge in [0, 0.05) is 25.2 Å². The quantitative estimate of drug-likeness (QED) is 0.808. The van der Waals surface area contributed by atoms with Crippen LogP contribution in [-0.4, -0.2) is 40.0 Å². The lowest BCUT2D eigenvalue weighted by molar-refractivity contribution is 0.0765. The van der Waals surface area contributed by atoms with E-state index in [1.807, 2.05) is 0 Å². The van der Waals surface area contributed by atoms with Crippen LogP contribution in [0.2, 0.25) is 0 Å². The van der Waals surface area contributed by atoms with Gasteiger partial charge in [-0.1, -0.05) is 0 Å². The second-order valence-electron chi connectivity index (χ2n) is 5.44. The van der Waals surface area contributed by atoms with Crippen molar-refractivity contribution in [3.05, 3.63) is 53.2 Å². The maximum absolute atomic E-state index is 13.7. The van der Waals surface area contributed by atoms with Crippen molar-refractivity contribution in [1.29, 1.82) is 0 Å². The fraction of sp³-hybridized carbons (Fsp3) is 0.312. The first kappa shape index (κ1) is 16.2. The maximum atomic E-state index is 13.7. The predicted molar refractivity (Wildman–Crippen MR) is 78.0 cm³/mol. The van der Waals surface area contributed by atoms with E-state index < -0.39 is 28.9 Å². The summed E-state index contributed by atoms with van der Waals surface area (Å²) in [5, 5.41) is 0. The first-order valence-electron chi connectivity index (χ1n) is 7.35. The number of hydrogen-bond acceptors (Lipinski definition) is 4. The highest BCUT2D eigenvalue weighted by Gasteiger charge is 2.31. The van der Waals surface area contributed by atoms with E-state index in [1.54, 1.807) is 19.2 Å². The van der Waals surface area contributed by atoms with Crippen LogP contribution in [0, 0.1) is 24.4 Å². The van der Waals surface area contributed by atoms with Crippen molar-refractivity contribution >= 4 is 5.91 Å². The number of aromatic nitrogens is 2. The molecule has 1 unspecified atom stereocenters. The number of halogens is 3. The van der Waals surface area contributed by atoms with Crippen molar-refractivity contribution in [2.45, 2.75) is 19.4 Å². The fourth-order valence-electron chi connectivity index (χ4n) is 2.54. The van der Waals surface area contributed by atoms with Gasteiger partial charge in [-0.3, -0.25) is 4.79 Å². The van der Waals surface area contributed by atoms with Gasteiger partial charge in [0.1, 0.15) is 11.9 Å². The van der Waals surface area contributed by atoms with Crippen molar-refractivity contribution in [2.75, 3.05) is 13.1 Å². The van der Waals surface area contributed by atoms with Crippen LogP contribution in [0.5, 0.6) is 5.88 Å². The number of nitrogens with zero attached hydrogens (tertiary/aromatic N) is 3. The average molecular weight is 337 g/mol. The minimum absolute atomic E-state index is 0.209. The number of rotatable bonds is 3. The van der Waals surface area contributed by atoms with E-state index in [-0.39, 0.29) is 12.6 Å². The number of hydrogen-bond donors (Lipinski definition) is 0. The van der Waals surface area contributed by atoms with Gasteiger partial charge in [0.15, 0.2) is 17.5 Å². The van der Waals surface area contributed by atoms with E-state index >= 15 is 0 Å². The molecule has 1 amide bonds. The Labute approximate surface area is 136 Å². The number of benzene rings is 1. The van der Waals surface area contributed by atoms with Gasteiger partial charge in [0.05, 0.1) is 12.1 Å². The zero-order valence-electron chi connectivity index (χ0n) is 12.8. The molecule has 0 aliphatic carbocycles. The third-order valence-corrected chi connectivity index (χ3v) is 3.74. The van der Waals surface area contributed by atoms with Gasteiger partial charge in [0.2, 0.25) is 5.88 Å². The van der Waals surface area contributed by atoms with Crippen LogP contribution in [0.3, 0.4) is 0 Å². The molecule has 1 aromatic carbocycles.